The van der Waals surface area contributed by atoms with E-state index in [9.17, 15) is 12.8 Å². The Kier molecular flexibility index (Phi) is 8.76. The van der Waals surface area contributed by atoms with Gasteiger partial charge in [0, 0.05) is 36.7 Å². The number of sulfonamides is 1. The topological polar surface area (TPSA) is 75.2 Å². The first-order chi connectivity index (χ1) is 20.0. The molecule has 3 aromatic rings. The maximum absolute atomic E-state index is 16.0. The van der Waals surface area contributed by atoms with Crippen LogP contribution in [0.3, 0.4) is 0 Å². The lowest BCUT2D eigenvalue weighted by molar-refractivity contribution is 0.142. The van der Waals surface area contributed by atoms with Gasteiger partial charge in [-0.05, 0) is 56.8 Å². The van der Waals surface area contributed by atoms with Crippen molar-refractivity contribution in [1.29, 1.82) is 0 Å². The van der Waals surface area contributed by atoms with E-state index >= 15 is 4.39 Å². The summed E-state index contributed by atoms with van der Waals surface area (Å²) in [6.07, 6.45) is 3.30. The molecule has 8 nitrogen and oxygen atoms in total. The summed E-state index contributed by atoms with van der Waals surface area (Å²) in [6, 6.07) is 9.87. The lowest BCUT2D eigenvalue weighted by Crippen LogP contribution is -2.60. The van der Waals surface area contributed by atoms with Gasteiger partial charge in [-0.2, -0.15) is 4.39 Å². The maximum atomic E-state index is 16.0. The van der Waals surface area contributed by atoms with Crippen molar-refractivity contribution in [3.63, 3.8) is 0 Å². The summed E-state index contributed by atoms with van der Waals surface area (Å²) in [5.41, 5.74) is 0.800. The minimum atomic E-state index is -4.76. The second-order valence-electron chi connectivity index (χ2n) is 10.9. The van der Waals surface area contributed by atoms with Crippen molar-refractivity contribution in [1.82, 2.24) is 9.88 Å². The highest BCUT2D eigenvalue weighted by Crippen LogP contribution is 2.46. The molecule has 0 amide bonds. The van der Waals surface area contributed by atoms with Gasteiger partial charge in [0.25, 0.3) is 10.0 Å². The molecule has 0 aliphatic carbocycles. The SMILES string of the molecule is COc1ccc(CN(c2cccc(F)n2)S(=O)(=O)c2c(Cl)cc(N3CC4(CCCCN(C)C4)C3)c(Cl)c2F)c(OC)c1. The van der Waals surface area contributed by atoms with E-state index in [-0.39, 0.29) is 27.8 Å². The van der Waals surface area contributed by atoms with Gasteiger partial charge in [0.1, 0.15) is 27.2 Å². The highest BCUT2D eigenvalue weighted by Gasteiger charge is 2.45. The molecule has 3 heterocycles. The Hall–Kier alpha value is -2.86. The van der Waals surface area contributed by atoms with E-state index in [1.165, 1.54) is 32.4 Å². The van der Waals surface area contributed by atoms with Gasteiger partial charge in [0.05, 0.1) is 31.5 Å². The molecule has 5 rings (SSSR count). The molecule has 0 radical (unpaired) electrons. The Morgan fingerprint density at radius 3 is 2.50 bits per heavy atom. The molecule has 226 valence electrons. The monoisotopic (exact) mass is 640 g/mol. The molecule has 1 spiro atoms. The summed E-state index contributed by atoms with van der Waals surface area (Å²) in [4.78, 5) is 7.19. The summed E-state index contributed by atoms with van der Waals surface area (Å²) < 4.78 is 70.0. The van der Waals surface area contributed by atoms with Crippen LogP contribution in [-0.2, 0) is 16.6 Å². The van der Waals surface area contributed by atoms with E-state index < -0.39 is 26.7 Å². The molecule has 2 aromatic carbocycles. The maximum Gasteiger partial charge on any atom is 0.270 e. The van der Waals surface area contributed by atoms with Crippen LogP contribution in [-0.4, -0.2) is 65.7 Å². The Morgan fingerprint density at radius 1 is 1.05 bits per heavy atom. The fraction of sp³-hybridized carbons (Fsp3) is 0.414. The Morgan fingerprint density at radius 2 is 1.81 bits per heavy atom. The third kappa shape index (κ3) is 5.84. The zero-order valence-corrected chi connectivity index (χ0v) is 25.9. The third-order valence-corrected chi connectivity index (χ3v) is 10.5. The normalized spacial score (nSPS) is 17.1. The second-order valence-corrected chi connectivity index (χ2v) is 13.5. The highest BCUT2D eigenvalue weighted by atomic mass is 35.5. The molecule has 0 N–H and O–H groups in total. The van der Waals surface area contributed by atoms with Crippen LogP contribution in [0.15, 0.2) is 47.4 Å². The van der Waals surface area contributed by atoms with Crippen molar-refractivity contribution >= 4 is 44.7 Å². The number of nitrogens with zero attached hydrogens (tertiary/aromatic N) is 4. The van der Waals surface area contributed by atoms with Crippen LogP contribution in [0.1, 0.15) is 24.8 Å². The smallest absolute Gasteiger partial charge is 0.270 e. The first-order valence-electron chi connectivity index (χ1n) is 13.5. The predicted octanol–water partition coefficient (Wildman–Crippen LogP) is 6.00. The summed E-state index contributed by atoms with van der Waals surface area (Å²) in [7, 11) is 0.231. The molecular weight excluding hydrogens is 609 g/mol. The largest absolute Gasteiger partial charge is 0.497 e. The second kappa shape index (κ2) is 12.0. The average molecular weight is 642 g/mol. The van der Waals surface area contributed by atoms with E-state index in [0.717, 1.165) is 42.7 Å². The summed E-state index contributed by atoms with van der Waals surface area (Å²) in [5.74, 6) is -1.58. The van der Waals surface area contributed by atoms with Gasteiger partial charge in [-0.1, -0.05) is 35.7 Å². The van der Waals surface area contributed by atoms with E-state index in [1.54, 1.807) is 18.2 Å². The average Bonchev–Trinajstić information content (AvgIpc) is 3.14. The van der Waals surface area contributed by atoms with Crippen molar-refractivity contribution in [3.8, 4) is 11.5 Å². The van der Waals surface area contributed by atoms with Crippen LogP contribution >= 0.6 is 23.2 Å². The Bertz CT molecular complexity index is 1590. The fourth-order valence-electron chi connectivity index (χ4n) is 5.91. The standard InChI is InChI=1S/C29H32Cl2F2N4O4S/c1-35-12-5-4-11-29(16-35)17-36(18-29)22-14-21(30)28(27(33)26(22)31)42(38,39)37(25-8-6-7-24(32)34-25)15-19-9-10-20(40-2)13-23(19)41-3/h6-10,13-14H,4-5,11-12,15-18H2,1-3H3. The zero-order chi connectivity index (χ0) is 30.2. The number of rotatable bonds is 8. The number of aromatic nitrogens is 1. The molecule has 42 heavy (non-hydrogen) atoms. The zero-order valence-electron chi connectivity index (χ0n) is 23.5. The molecule has 13 heteroatoms. The number of methoxy groups -OCH3 is 2. The van der Waals surface area contributed by atoms with Gasteiger partial charge in [-0.15, -0.1) is 0 Å². The molecule has 2 aliphatic heterocycles. The molecule has 2 aliphatic rings. The van der Waals surface area contributed by atoms with E-state index in [4.69, 9.17) is 32.7 Å². The quantitative estimate of drug-likeness (QED) is 0.221. The number of anilines is 2. The van der Waals surface area contributed by atoms with Crippen molar-refractivity contribution in [2.45, 2.75) is 30.7 Å². The van der Waals surface area contributed by atoms with Crippen LogP contribution in [0.2, 0.25) is 10.0 Å². The lowest BCUT2D eigenvalue weighted by atomic mass is 9.75. The van der Waals surface area contributed by atoms with Gasteiger partial charge in [-0.3, -0.25) is 0 Å². The number of likely N-dealkylation sites (tertiary alicyclic amines) is 1. The first-order valence-corrected chi connectivity index (χ1v) is 15.6. The van der Waals surface area contributed by atoms with Gasteiger partial charge in [0.15, 0.2) is 5.82 Å². The summed E-state index contributed by atoms with van der Waals surface area (Å²) in [5, 5.41) is -0.682. The van der Waals surface area contributed by atoms with Gasteiger partial charge >= 0.3 is 0 Å². The number of hydrogen-bond acceptors (Lipinski definition) is 7. The molecule has 0 bridgehead atoms. The number of halogens is 4. The van der Waals surface area contributed by atoms with Gasteiger partial charge in [-0.25, -0.2) is 22.1 Å². The van der Waals surface area contributed by atoms with Crippen LogP contribution in [0, 0.1) is 17.2 Å². The van der Waals surface area contributed by atoms with E-state index in [0.29, 0.717) is 35.8 Å². The Labute approximate surface area is 254 Å². The van der Waals surface area contributed by atoms with Crippen LogP contribution in [0.5, 0.6) is 11.5 Å². The van der Waals surface area contributed by atoms with E-state index in [1.807, 2.05) is 4.90 Å². The van der Waals surface area contributed by atoms with Crippen LogP contribution in [0.4, 0.5) is 20.3 Å². The minimum absolute atomic E-state index is 0.0690. The molecule has 0 saturated carbocycles. The summed E-state index contributed by atoms with van der Waals surface area (Å²) >= 11 is 13.0. The predicted molar refractivity (Wildman–Crippen MR) is 160 cm³/mol. The molecule has 0 atom stereocenters. The van der Waals surface area contributed by atoms with E-state index in [2.05, 4.69) is 16.9 Å². The lowest BCUT2D eigenvalue weighted by Gasteiger charge is -2.52. The van der Waals surface area contributed by atoms with Crippen molar-refractivity contribution in [2.24, 2.45) is 5.41 Å². The van der Waals surface area contributed by atoms with Crippen molar-refractivity contribution in [3.05, 3.63) is 69.8 Å². The number of ether oxygens (including phenoxy) is 2. The fourth-order valence-corrected chi connectivity index (χ4v) is 8.22. The van der Waals surface area contributed by atoms with Crippen molar-refractivity contribution < 1.29 is 26.7 Å². The molecular formula is C29H32Cl2F2N4O4S. The molecule has 0 unspecified atom stereocenters. The number of benzene rings is 2. The minimum Gasteiger partial charge on any atom is -0.497 e. The van der Waals surface area contributed by atoms with Crippen molar-refractivity contribution in [2.75, 3.05) is 56.7 Å². The Balaban J connectivity index is 1.53. The van der Waals surface area contributed by atoms with Gasteiger partial charge in [0.2, 0.25) is 5.95 Å². The molecule has 1 aromatic heterocycles. The van der Waals surface area contributed by atoms with Crippen LogP contribution < -0.4 is 18.7 Å². The van der Waals surface area contributed by atoms with Gasteiger partial charge < -0.3 is 19.3 Å². The first kappa shape index (κ1) is 30.6. The third-order valence-electron chi connectivity index (χ3n) is 7.91. The highest BCUT2D eigenvalue weighted by molar-refractivity contribution is 7.93. The van der Waals surface area contributed by atoms with Crippen LogP contribution in [0.25, 0.3) is 0 Å². The number of hydrogen-bond donors (Lipinski definition) is 0. The molecule has 2 fully saturated rings. The number of pyridine rings is 1. The summed E-state index contributed by atoms with van der Waals surface area (Å²) in [6.45, 7) is 2.91. The molecule has 2 saturated heterocycles.